The van der Waals surface area contributed by atoms with Gasteiger partial charge in [0.2, 0.25) is 0 Å². The van der Waals surface area contributed by atoms with Crippen molar-refractivity contribution >= 4 is 30.8 Å². The molecule has 2 aliphatic rings. The average Bonchev–Trinajstić information content (AvgIpc) is 3.41. The number of hydrogen-bond acceptors (Lipinski definition) is 15. The molecule has 0 saturated carbocycles. The number of carbonyl (C=O) groups excluding carboxylic acids is 1. The molecule has 2 N–H and O–H groups in total. The molecule has 180 valence electrons. The van der Waals surface area contributed by atoms with Crippen LogP contribution in [0.4, 0.5) is 0 Å². The first-order valence-electron chi connectivity index (χ1n) is 9.37. The maximum absolute atomic E-state index is 12.6. The van der Waals surface area contributed by atoms with E-state index in [2.05, 4.69) is 74.6 Å². The third-order valence-corrected chi connectivity index (χ3v) is 4.84. The minimum Gasteiger partial charge on any atom is -0.692 e. The van der Waals surface area contributed by atoms with Crippen molar-refractivity contribution in [2.45, 2.75) is 64.8 Å². The zero-order chi connectivity index (χ0) is 24.0. The number of nitrogens with one attached hydrogen (secondary N) is 2. The zero-order valence-electron chi connectivity index (χ0n) is 17.7. The van der Waals surface area contributed by atoms with Gasteiger partial charge in [0.15, 0.2) is 30.8 Å². The summed E-state index contributed by atoms with van der Waals surface area (Å²) in [6.45, 7) is 8.50. The molecule has 0 aromatic rings. The number of carbonyl (C=O) groups is 1. The van der Waals surface area contributed by atoms with Crippen LogP contribution in [0, 0.1) is 5.92 Å². The van der Waals surface area contributed by atoms with Crippen molar-refractivity contribution in [1.82, 2.24) is 20.9 Å². The van der Waals surface area contributed by atoms with E-state index in [4.69, 9.17) is 8.42 Å². The Morgan fingerprint density at radius 3 is 2.35 bits per heavy atom. The molecule has 0 aliphatic carbocycles. The maximum Gasteiger partial charge on any atom is 0.197 e. The summed E-state index contributed by atoms with van der Waals surface area (Å²) in [7, 11) is 0. The Kier molecular flexibility index (Phi) is 15.7. The van der Waals surface area contributed by atoms with Gasteiger partial charge in [-0.15, -0.1) is 5.53 Å². The van der Waals surface area contributed by atoms with Gasteiger partial charge in [0.25, 0.3) is 0 Å². The van der Waals surface area contributed by atoms with Gasteiger partial charge in [-0.1, -0.05) is 13.8 Å². The number of likely N-dealkylation sites (tertiary alicyclic amines) is 1. The summed E-state index contributed by atoms with van der Waals surface area (Å²) in [5, 5.41) is 28.8. The van der Waals surface area contributed by atoms with Gasteiger partial charge in [-0.05, 0) is 20.3 Å². The van der Waals surface area contributed by atoms with Gasteiger partial charge in [-0.25, -0.2) is 9.78 Å². The van der Waals surface area contributed by atoms with Gasteiger partial charge in [-0.3, -0.25) is 24.8 Å². The van der Waals surface area contributed by atoms with Crippen LogP contribution in [0.3, 0.4) is 0 Å². The van der Waals surface area contributed by atoms with Crippen molar-refractivity contribution in [2.24, 2.45) is 5.92 Å². The molecule has 3 atom stereocenters. The second-order valence-electron chi connectivity index (χ2n) is 7.39. The molecule has 2 heterocycles. The maximum atomic E-state index is 12.6. The van der Waals surface area contributed by atoms with Crippen LogP contribution < -0.4 is 21.5 Å². The molecular formula is C16H28N4O9S2-2. The van der Waals surface area contributed by atoms with E-state index < -0.39 is 6.10 Å². The van der Waals surface area contributed by atoms with Crippen LogP contribution in [0.2, 0.25) is 0 Å². The van der Waals surface area contributed by atoms with E-state index in [0.29, 0.717) is 12.1 Å². The molecule has 2 aliphatic heterocycles. The lowest BCUT2D eigenvalue weighted by Crippen LogP contribution is -2.45. The standard InChI is InChI=1S/C16H30N4O7.2OS/c1-10(2)16(21)15-6-13(8-19(15)11(3)4)20-7-12(17-18-20)5-14(25-27-23)9-24-26-22;2*1-2/h7,10-11,13-15,17-18,22-23H,5-6,8-9H2,1-4H3;;/p-2/t13?,14?,15-;;/m0../s1. The Morgan fingerprint density at radius 1 is 1.19 bits per heavy atom. The van der Waals surface area contributed by atoms with Gasteiger partial charge in [-0.2, -0.15) is 8.42 Å². The second-order valence-corrected chi connectivity index (χ2v) is 7.39. The van der Waals surface area contributed by atoms with Crippen LogP contribution in [-0.2, 0) is 49.7 Å². The molecule has 15 heteroatoms. The minimum absolute atomic E-state index is 0.0148. The molecule has 0 amide bonds. The molecule has 2 unspecified atom stereocenters. The quantitative estimate of drug-likeness (QED) is 0.239. The summed E-state index contributed by atoms with van der Waals surface area (Å²) < 4.78 is 15.7. The smallest absolute Gasteiger partial charge is 0.197 e. The summed E-state index contributed by atoms with van der Waals surface area (Å²) in [5.74, 6) is 0.234. The van der Waals surface area contributed by atoms with Crippen molar-refractivity contribution in [3.8, 4) is 0 Å². The Balaban J connectivity index is 0.00000212. The average molecular weight is 485 g/mol. The van der Waals surface area contributed by atoms with Gasteiger partial charge < -0.3 is 15.9 Å². The largest absolute Gasteiger partial charge is 0.692 e. The van der Waals surface area contributed by atoms with Crippen molar-refractivity contribution in [3.63, 3.8) is 0 Å². The number of rotatable bonds is 11. The predicted molar refractivity (Wildman–Crippen MR) is 104 cm³/mol. The van der Waals surface area contributed by atoms with Crippen LogP contribution >= 0.6 is 0 Å². The number of hydrazine groups is 2. The highest BCUT2D eigenvalue weighted by Crippen LogP contribution is 2.27. The fourth-order valence-corrected chi connectivity index (χ4v) is 3.47. The van der Waals surface area contributed by atoms with Gasteiger partial charge in [0, 0.05) is 36.8 Å². The number of hydrogen-bond donors (Lipinski definition) is 2. The lowest BCUT2D eigenvalue weighted by atomic mass is 9.98. The SMILES string of the molecule is CC(C)C(=O)[C@@H]1CC(N2C=C(CC(COO[O-])OO[O-])NN2)CN1C(C)C.O=S.O=S. The Bertz CT molecular complexity index is 557. The molecule has 1 saturated heterocycles. The normalized spacial score (nSPS) is 21.7. The van der Waals surface area contributed by atoms with Gasteiger partial charge in [0.05, 0.1) is 12.1 Å². The Labute approximate surface area is 191 Å². The highest BCUT2D eigenvalue weighted by molar-refractivity contribution is 7.44. The molecule has 2 rings (SSSR count). The molecular weight excluding hydrogens is 456 g/mol. The lowest BCUT2D eigenvalue weighted by molar-refractivity contribution is -0.816. The summed E-state index contributed by atoms with van der Waals surface area (Å²) in [6.07, 6.45) is 1.96. The summed E-state index contributed by atoms with van der Waals surface area (Å²) in [6, 6.07) is 0.251. The van der Waals surface area contributed by atoms with E-state index in [0.717, 1.165) is 6.54 Å². The van der Waals surface area contributed by atoms with E-state index >= 15 is 0 Å². The van der Waals surface area contributed by atoms with E-state index in [-0.39, 0.29) is 42.9 Å². The summed E-state index contributed by atoms with van der Waals surface area (Å²) in [5.41, 5.74) is 6.74. The highest BCUT2D eigenvalue weighted by atomic mass is 32.1. The van der Waals surface area contributed by atoms with E-state index in [9.17, 15) is 15.3 Å². The molecule has 31 heavy (non-hydrogen) atoms. The number of Topliss-reactive ketones (excluding diaryl/α,β-unsaturated/α-hetero) is 1. The van der Waals surface area contributed by atoms with Gasteiger partial charge >= 0.3 is 0 Å². The van der Waals surface area contributed by atoms with Crippen LogP contribution in [-0.4, -0.2) is 61.5 Å². The van der Waals surface area contributed by atoms with Crippen LogP contribution in [0.5, 0.6) is 0 Å². The van der Waals surface area contributed by atoms with E-state index in [1.54, 1.807) is 0 Å². The fourth-order valence-electron chi connectivity index (χ4n) is 3.47. The monoisotopic (exact) mass is 484 g/mol. The Morgan fingerprint density at radius 2 is 1.84 bits per heavy atom. The third kappa shape index (κ3) is 9.40. The summed E-state index contributed by atoms with van der Waals surface area (Å²) >= 11 is 5.67. The summed E-state index contributed by atoms with van der Waals surface area (Å²) in [4.78, 5) is 23.6. The first kappa shape index (κ1) is 29.7. The van der Waals surface area contributed by atoms with Crippen LogP contribution in [0.15, 0.2) is 11.9 Å². The zero-order valence-corrected chi connectivity index (χ0v) is 19.3. The second kappa shape index (κ2) is 16.4. The predicted octanol–water partition coefficient (Wildman–Crippen LogP) is -2.24. The number of ketones is 1. The van der Waals surface area contributed by atoms with Crippen molar-refractivity contribution in [2.75, 3.05) is 13.2 Å². The van der Waals surface area contributed by atoms with E-state index in [1.807, 2.05) is 25.1 Å². The molecule has 0 radical (unpaired) electrons. The number of nitrogens with zero attached hydrogens (tertiary/aromatic N) is 2. The van der Waals surface area contributed by atoms with Crippen molar-refractivity contribution in [3.05, 3.63) is 11.9 Å². The van der Waals surface area contributed by atoms with Crippen LogP contribution in [0.25, 0.3) is 0 Å². The minimum atomic E-state index is -0.817. The molecule has 1 fully saturated rings. The lowest BCUT2D eigenvalue weighted by Gasteiger charge is -2.28. The van der Waals surface area contributed by atoms with Gasteiger partial charge in [0.1, 0.15) is 12.7 Å². The molecule has 13 nitrogen and oxygen atoms in total. The molecule has 0 aromatic carbocycles. The first-order chi connectivity index (χ1) is 14.9. The first-order valence-corrected chi connectivity index (χ1v) is 10.0. The molecule has 0 spiro atoms. The highest BCUT2D eigenvalue weighted by Gasteiger charge is 2.41. The third-order valence-electron chi connectivity index (χ3n) is 4.84. The topological polar surface area (TPSA) is 165 Å². The molecule has 0 bridgehead atoms. The van der Waals surface area contributed by atoms with E-state index in [1.165, 1.54) is 0 Å². The van der Waals surface area contributed by atoms with Crippen molar-refractivity contribution in [1.29, 1.82) is 0 Å². The fraction of sp³-hybridized carbons (Fsp3) is 0.812. The Hall–Kier alpha value is -1.27. The molecule has 0 aromatic heterocycles. The van der Waals surface area contributed by atoms with Crippen LogP contribution in [0.1, 0.15) is 40.5 Å². The van der Waals surface area contributed by atoms with Crippen molar-refractivity contribution < 1.29 is 43.6 Å².